The van der Waals surface area contributed by atoms with Crippen molar-refractivity contribution in [2.24, 2.45) is 11.8 Å². The second-order valence-electron chi connectivity index (χ2n) is 6.12. The minimum atomic E-state index is 0.391. The number of ketones is 1. The van der Waals surface area contributed by atoms with Crippen molar-refractivity contribution in [3.8, 4) is 0 Å². The Labute approximate surface area is 106 Å². The van der Waals surface area contributed by atoms with E-state index in [1.54, 1.807) is 0 Å². The molecule has 1 aliphatic heterocycles. The molecular formula is C15H27NO. The Morgan fingerprint density at radius 3 is 2.76 bits per heavy atom. The maximum atomic E-state index is 12.2. The quantitative estimate of drug-likeness (QED) is 0.813. The summed E-state index contributed by atoms with van der Waals surface area (Å²) in [6.45, 7) is 3.45. The van der Waals surface area contributed by atoms with Crippen molar-refractivity contribution < 1.29 is 4.79 Å². The van der Waals surface area contributed by atoms with Crippen LogP contribution in [0.25, 0.3) is 0 Å². The van der Waals surface area contributed by atoms with E-state index in [0.29, 0.717) is 17.7 Å². The van der Waals surface area contributed by atoms with Gasteiger partial charge in [0.1, 0.15) is 5.78 Å². The fourth-order valence-electron chi connectivity index (χ4n) is 3.42. The largest absolute Gasteiger partial charge is 0.314 e. The lowest BCUT2D eigenvalue weighted by Gasteiger charge is -2.27. The summed E-state index contributed by atoms with van der Waals surface area (Å²) in [7, 11) is 0. The summed E-state index contributed by atoms with van der Waals surface area (Å²) in [6, 6.07) is 0.619. The van der Waals surface area contributed by atoms with E-state index in [9.17, 15) is 4.79 Å². The first-order valence-electron chi connectivity index (χ1n) is 7.52. The van der Waals surface area contributed by atoms with Crippen LogP contribution in [0.2, 0.25) is 0 Å². The third-order valence-corrected chi connectivity index (χ3v) is 4.54. The zero-order valence-corrected chi connectivity index (χ0v) is 11.2. The third-order valence-electron chi connectivity index (χ3n) is 4.54. The summed E-state index contributed by atoms with van der Waals surface area (Å²) in [5.41, 5.74) is 0. The molecule has 1 N–H and O–H groups in total. The molecule has 1 saturated carbocycles. The molecule has 2 nitrogen and oxygen atoms in total. The molecule has 2 rings (SSSR count). The molecule has 1 saturated heterocycles. The first-order chi connectivity index (χ1) is 8.25. The average Bonchev–Trinajstić information content (AvgIpc) is 2.37. The molecule has 0 bridgehead atoms. The van der Waals surface area contributed by atoms with Crippen molar-refractivity contribution in [2.45, 2.75) is 70.8 Å². The van der Waals surface area contributed by atoms with E-state index in [4.69, 9.17) is 0 Å². The molecule has 0 aromatic carbocycles. The molecule has 1 aliphatic carbocycles. The fourth-order valence-corrected chi connectivity index (χ4v) is 3.42. The van der Waals surface area contributed by atoms with Gasteiger partial charge in [0.05, 0.1) is 0 Å². The summed E-state index contributed by atoms with van der Waals surface area (Å²) in [5.74, 6) is 1.71. The number of carbonyl (C=O) groups excluding carboxylic acids is 1. The summed E-state index contributed by atoms with van der Waals surface area (Å²) in [5, 5.41) is 3.53. The van der Waals surface area contributed by atoms with Gasteiger partial charge in [-0.05, 0) is 44.6 Å². The highest BCUT2D eigenvalue weighted by Gasteiger charge is 2.25. The minimum absolute atomic E-state index is 0.391. The van der Waals surface area contributed by atoms with E-state index in [1.807, 2.05) is 0 Å². The summed E-state index contributed by atoms with van der Waals surface area (Å²) < 4.78 is 0. The lowest BCUT2D eigenvalue weighted by Crippen LogP contribution is -2.34. The predicted octanol–water partition coefficient (Wildman–Crippen LogP) is 3.30. The minimum Gasteiger partial charge on any atom is -0.314 e. The van der Waals surface area contributed by atoms with E-state index in [2.05, 4.69) is 12.2 Å². The third kappa shape index (κ3) is 4.09. The number of carbonyl (C=O) groups is 1. The SMILES string of the molecule is CC1CCCC(C(=O)CCC2CCCCN2)C1. The Morgan fingerprint density at radius 1 is 1.18 bits per heavy atom. The molecule has 0 radical (unpaired) electrons. The monoisotopic (exact) mass is 237 g/mol. The Bertz CT molecular complexity index is 245. The lowest BCUT2D eigenvalue weighted by molar-refractivity contribution is -0.124. The normalized spacial score (nSPS) is 34.5. The highest BCUT2D eigenvalue weighted by atomic mass is 16.1. The number of piperidine rings is 1. The average molecular weight is 237 g/mol. The second-order valence-corrected chi connectivity index (χ2v) is 6.12. The zero-order chi connectivity index (χ0) is 12.1. The number of hydrogen-bond donors (Lipinski definition) is 1. The van der Waals surface area contributed by atoms with Crippen LogP contribution < -0.4 is 5.32 Å². The second kappa shape index (κ2) is 6.53. The van der Waals surface area contributed by atoms with Crippen molar-refractivity contribution in [2.75, 3.05) is 6.54 Å². The molecule has 98 valence electrons. The van der Waals surface area contributed by atoms with E-state index in [1.165, 1.54) is 32.1 Å². The topological polar surface area (TPSA) is 29.1 Å². The summed E-state index contributed by atoms with van der Waals surface area (Å²) in [4.78, 5) is 12.2. The number of hydrogen-bond acceptors (Lipinski definition) is 2. The highest BCUT2D eigenvalue weighted by Crippen LogP contribution is 2.30. The zero-order valence-electron chi connectivity index (χ0n) is 11.2. The van der Waals surface area contributed by atoms with E-state index in [-0.39, 0.29) is 0 Å². The Balaban J connectivity index is 1.69. The molecule has 17 heavy (non-hydrogen) atoms. The Kier molecular flexibility index (Phi) is 5.02. The van der Waals surface area contributed by atoms with Crippen LogP contribution in [0.5, 0.6) is 0 Å². The fraction of sp³-hybridized carbons (Fsp3) is 0.933. The number of rotatable bonds is 4. The van der Waals surface area contributed by atoms with E-state index in [0.717, 1.165) is 38.1 Å². The standard InChI is InChI=1S/C15H27NO/c1-12-5-4-6-13(11-12)15(17)9-8-14-7-2-3-10-16-14/h12-14,16H,2-11H2,1H3. The van der Waals surface area contributed by atoms with Crippen LogP contribution in [0.1, 0.15) is 64.7 Å². The molecule has 2 heteroatoms. The molecule has 2 fully saturated rings. The van der Waals surface area contributed by atoms with Crippen LogP contribution in [0, 0.1) is 11.8 Å². The predicted molar refractivity (Wildman–Crippen MR) is 71.0 cm³/mol. The first-order valence-corrected chi connectivity index (χ1v) is 7.52. The lowest BCUT2D eigenvalue weighted by atomic mass is 9.79. The summed E-state index contributed by atoms with van der Waals surface area (Å²) >= 11 is 0. The first kappa shape index (κ1) is 13.1. The molecular weight excluding hydrogens is 210 g/mol. The van der Waals surface area contributed by atoms with Crippen LogP contribution in [-0.4, -0.2) is 18.4 Å². The maximum Gasteiger partial charge on any atom is 0.136 e. The molecule has 3 atom stereocenters. The van der Waals surface area contributed by atoms with Gasteiger partial charge >= 0.3 is 0 Å². The van der Waals surface area contributed by atoms with Gasteiger partial charge < -0.3 is 5.32 Å². The van der Waals surface area contributed by atoms with Crippen molar-refractivity contribution in [3.05, 3.63) is 0 Å². The van der Waals surface area contributed by atoms with Crippen LogP contribution in [-0.2, 0) is 4.79 Å². The smallest absolute Gasteiger partial charge is 0.136 e. The van der Waals surface area contributed by atoms with Gasteiger partial charge in [-0.15, -0.1) is 0 Å². The van der Waals surface area contributed by atoms with Gasteiger partial charge in [-0.1, -0.05) is 26.2 Å². The van der Waals surface area contributed by atoms with Crippen LogP contribution in [0.15, 0.2) is 0 Å². The van der Waals surface area contributed by atoms with Crippen molar-refractivity contribution in [3.63, 3.8) is 0 Å². The van der Waals surface area contributed by atoms with Gasteiger partial charge in [0.2, 0.25) is 0 Å². The van der Waals surface area contributed by atoms with Crippen LogP contribution >= 0.6 is 0 Å². The van der Waals surface area contributed by atoms with Gasteiger partial charge in [0, 0.05) is 18.4 Å². The van der Waals surface area contributed by atoms with E-state index >= 15 is 0 Å². The van der Waals surface area contributed by atoms with Gasteiger partial charge in [-0.3, -0.25) is 4.79 Å². The Morgan fingerprint density at radius 2 is 2.06 bits per heavy atom. The molecule has 1 heterocycles. The van der Waals surface area contributed by atoms with Crippen LogP contribution in [0.4, 0.5) is 0 Å². The Hall–Kier alpha value is -0.370. The van der Waals surface area contributed by atoms with Crippen molar-refractivity contribution in [1.82, 2.24) is 5.32 Å². The maximum absolute atomic E-state index is 12.2. The van der Waals surface area contributed by atoms with Crippen molar-refractivity contribution in [1.29, 1.82) is 0 Å². The molecule has 3 unspecified atom stereocenters. The van der Waals surface area contributed by atoms with E-state index < -0.39 is 0 Å². The molecule has 0 spiro atoms. The van der Waals surface area contributed by atoms with Gasteiger partial charge in [0.15, 0.2) is 0 Å². The van der Waals surface area contributed by atoms with Gasteiger partial charge in [-0.2, -0.15) is 0 Å². The van der Waals surface area contributed by atoms with Gasteiger partial charge in [-0.25, -0.2) is 0 Å². The number of nitrogens with one attached hydrogen (secondary N) is 1. The van der Waals surface area contributed by atoms with Crippen molar-refractivity contribution >= 4 is 5.78 Å². The summed E-state index contributed by atoms with van der Waals surface area (Å²) in [6.07, 6.45) is 10.7. The number of Topliss-reactive ketones (excluding diaryl/α,β-unsaturated/α-hetero) is 1. The molecule has 0 amide bonds. The molecule has 0 aromatic rings. The highest BCUT2D eigenvalue weighted by molar-refractivity contribution is 5.81. The molecule has 2 aliphatic rings. The molecule has 0 aromatic heterocycles. The van der Waals surface area contributed by atoms with Gasteiger partial charge in [0.25, 0.3) is 0 Å². The van der Waals surface area contributed by atoms with Crippen LogP contribution in [0.3, 0.4) is 0 Å².